The van der Waals surface area contributed by atoms with Crippen LogP contribution in [0.2, 0.25) is 0 Å². The average Bonchev–Trinajstić information content (AvgIpc) is 0.681. The molecule has 0 spiro atoms. The van der Waals surface area contributed by atoms with Gasteiger partial charge in [0.2, 0.25) is 0 Å². The van der Waals surface area contributed by atoms with Gasteiger partial charge in [0.15, 0.2) is 0 Å². The molecule has 3 rings (SSSR count). The summed E-state index contributed by atoms with van der Waals surface area (Å²) in [6, 6.07) is -17.6. The maximum atomic E-state index is 17.0. The van der Waals surface area contributed by atoms with Crippen molar-refractivity contribution in [2.24, 2.45) is 0 Å². The molecule has 0 heterocycles. The predicted octanol–water partition coefficient (Wildman–Crippen LogP) is 25.9. The highest BCUT2D eigenvalue weighted by Gasteiger charge is 3.01. The second-order valence-electron chi connectivity index (χ2n) is 22.3. The third kappa shape index (κ3) is 11.9. The Hall–Kier alpha value is -6.58. The molecule has 114 heavy (non-hydrogen) atoms. The molecule has 0 nitrogen and oxygen atoms in total. The third-order valence-electron chi connectivity index (χ3n) is 15.4. The Morgan fingerprint density at radius 3 is 0.535 bits per heavy atom. The van der Waals surface area contributed by atoms with Crippen LogP contribution >= 0.6 is 0 Å². The summed E-state index contributed by atoms with van der Waals surface area (Å²) >= 11 is 0. The van der Waals surface area contributed by atoms with E-state index in [0.29, 0.717) is 0 Å². The number of rotatable bonds is 28. The lowest BCUT2D eigenvalue weighted by Gasteiger charge is -2.44. The van der Waals surface area contributed by atoms with Gasteiger partial charge in [-0.15, -0.1) is 0 Å². The molecule has 3 aromatic rings. The van der Waals surface area contributed by atoms with Crippen LogP contribution < -0.4 is 0 Å². The lowest BCUT2D eigenvalue weighted by atomic mass is 9.78. The summed E-state index contributed by atoms with van der Waals surface area (Å²) in [5, 5.41) is -20.6. The third-order valence-corrected chi connectivity index (χ3v) is 15.4. The number of benzene rings is 3. The van der Waals surface area contributed by atoms with Crippen molar-refractivity contribution in [3.63, 3.8) is 0 Å². The van der Waals surface area contributed by atoms with E-state index >= 15 is 105 Å². The maximum absolute atomic E-state index is 17.0. The molecule has 0 saturated heterocycles. The average molecular weight is 1850 g/mol. The molecule has 0 fully saturated rings. The summed E-state index contributed by atoms with van der Waals surface area (Å²) in [6.45, 7) is 0. The Morgan fingerprint density at radius 2 is 0.316 bits per heavy atom. The molecule has 0 bridgehead atoms. The molecule has 68 heteroatoms. The largest absolute Gasteiger partial charge is 0.460 e. The number of alkyl halides is 68. The minimum Gasteiger partial charge on any atom is -0.194 e. The van der Waals surface area contributed by atoms with Gasteiger partial charge in [0.05, 0.1) is 0 Å². The van der Waals surface area contributed by atoms with Crippen LogP contribution in [0.4, 0.5) is 299 Å². The van der Waals surface area contributed by atoms with E-state index in [1.807, 2.05) is 0 Å². The van der Waals surface area contributed by atoms with Gasteiger partial charge in [0, 0.05) is 27.6 Å². The number of hydrogen-bond donors (Lipinski definition) is 0. The first-order valence-electron chi connectivity index (χ1n) is 25.3. The smallest absolute Gasteiger partial charge is 0.194 e. The number of hydrogen-bond acceptors (Lipinski definition) is 0. The molecule has 0 N–H and O–H groups in total. The lowest BCUT2D eigenvalue weighted by Crippen LogP contribution is -2.74. The first kappa shape index (κ1) is 102. The van der Waals surface area contributed by atoms with Gasteiger partial charge < -0.3 is 0 Å². The van der Waals surface area contributed by atoms with Crippen molar-refractivity contribution >= 4 is 21.5 Å². The standard InChI is InChI=1S/C46H6F68/c47-15(48,19(55,56)23(63,64)27(71,72)31(79,80)35(87,88)39(95,96)43(103,104)105)8-1-2-9-7(5-8)6-10-11(16(49,50)20(57,58)24(65,66)28(73,74)32(81,82)36(89,90)40(97,98)44(106,107)108)3-4-12(17(51,52)21(59,60)25(67,68)29(75,76)33(83,84)37(91,92)41(99,100)45(109,110)111)13(10)14(9)18(53,54)22(61,62)26(69,70)30(77,78)34(85,86)38(93,94)42(101,102)46(112,113)114/h1-6H. The minimum absolute atomic E-state index is 2.65. The fraction of sp³-hybridized carbons (Fsp3) is 0.696. The second kappa shape index (κ2) is 25.5. The van der Waals surface area contributed by atoms with Crippen LogP contribution in [-0.4, -0.2) is 167 Å². The number of fused-ring (bicyclic) bond motifs is 2. The van der Waals surface area contributed by atoms with E-state index in [0.717, 1.165) is 0 Å². The van der Waals surface area contributed by atoms with Crippen molar-refractivity contribution in [1.82, 2.24) is 0 Å². The second-order valence-corrected chi connectivity index (χ2v) is 22.3. The highest BCUT2D eigenvalue weighted by atomic mass is 19.5. The van der Waals surface area contributed by atoms with Crippen LogP contribution in [0.1, 0.15) is 22.3 Å². The zero-order valence-electron chi connectivity index (χ0n) is 49.2. The van der Waals surface area contributed by atoms with Crippen LogP contribution in [0, 0.1) is 0 Å². The molecule has 3 aromatic carbocycles. The molecule has 0 aliphatic rings. The Balaban J connectivity index is 3.26. The molecule has 0 aliphatic heterocycles. The van der Waals surface area contributed by atoms with E-state index in [4.69, 9.17) is 0 Å². The van der Waals surface area contributed by atoms with Gasteiger partial charge in [-0.3, -0.25) is 0 Å². The highest BCUT2D eigenvalue weighted by Crippen LogP contribution is 2.73. The zero-order valence-corrected chi connectivity index (χ0v) is 49.2. The molecule has 0 atom stereocenters. The van der Waals surface area contributed by atoms with Crippen molar-refractivity contribution in [3.8, 4) is 0 Å². The molecular weight excluding hydrogens is 1840 g/mol. The topological polar surface area (TPSA) is 0 Å². The maximum Gasteiger partial charge on any atom is 0.460 e. The molecule has 0 amide bonds. The molecule has 0 aromatic heterocycles. The monoisotopic (exact) mass is 1850 g/mol. The van der Waals surface area contributed by atoms with Gasteiger partial charge >= 0.3 is 191 Å². The molecular formula is C46H6F68. The summed E-state index contributed by atoms with van der Waals surface area (Å²) in [7, 11) is 0. The van der Waals surface area contributed by atoms with Gasteiger partial charge in [-0.1, -0.05) is 24.3 Å². The quantitative estimate of drug-likeness (QED) is 0.0502. The summed E-state index contributed by atoms with van der Waals surface area (Å²) in [6.07, 6.45) is -35.4. The van der Waals surface area contributed by atoms with Crippen LogP contribution in [-0.2, 0) is 23.7 Å². The lowest BCUT2D eigenvalue weighted by molar-refractivity contribution is -0.463. The van der Waals surface area contributed by atoms with E-state index in [1.165, 1.54) is 0 Å². The van der Waals surface area contributed by atoms with Gasteiger partial charge in [0.1, 0.15) is 0 Å². The van der Waals surface area contributed by atoms with E-state index in [-0.39, 0.29) is 0 Å². The van der Waals surface area contributed by atoms with E-state index in [2.05, 4.69) is 0 Å². The fourth-order valence-corrected chi connectivity index (χ4v) is 8.63. The molecule has 666 valence electrons. The molecule has 0 radical (unpaired) electrons. The van der Waals surface area contributed by atoms with Crippen LogP contribution in [0.3, 0.4) is 0 Å². The minimum atomic E-state index is -10.8. The van der Waals surface area contributed by atoms with Crippen molar-refractivity contribution in [2.75, 3.05) is 0 Å². The SMILES string of the molecule is FC(F)(F)C(F)(F)C(F)(F)C(F)(F)C(F)(F)C(F)(F)C(F)(F)C(F)(F)c1ccc2c(C(F)(F)C(F)(F)C(F)(F)C(F)(F)C(F)(F)C(F)(F)C(F)(F)C(F)(F)F)c3c(C(F)(F)C(F)(F)C(F)(F)C(F)(F)C(F)(F)C(F)(F)C(F)(F)C(F)(F)F)ccc(C(F)(F)C(F)(F)C(F)(F)C(F)(F)C(F)(F)C(F)(F)C(F)(F)C(F)(F)F)c3cc2c1. The first-order chi connectivity index (χ1) is 48.4. The van der Waals surface area contributed by atoms with Gasteiger partial charge in [-0.2, -0.15) is 299 Å². The molecule has 0 unspecified atom stereocenters. The van der Waals surface area contributed by atoms with Crippen molar-refractivity contribution in [1.29, 1.82) is 0 Å². The molecule has 0 saturated carbocycles. The normalized spacial score (nSPS) is 16.9. The molecule has 0 aliphatic carbocycles. The van der Waals surface area contributed by atoms with E-state index in [1.54, 1.807) is 0 Å². The first-order valence-corrected chi connectivity index (χ1v) is 25.3. The van der Waals surface area contributed by atoms with Crippen molar-refractivity contribution in [3.05, 3.63) is 58.7 Å². The highest BCUT2D eigenvalue weighted by molar-refractivity contribution is 6.06. The Morgan fingerprint density at radius 1 is 0.140 bits per heavy atom. The van der Waals surface area contributed by atoms with Crippen LogP contribution in [0.15, 0.2) is 36.4 Å². The predicted molar refractivity (Wildman–Crippen MR) is 220 cm³/mol. The van der Waals surface area contributed by atoms with Crippen molar-refractivity contribution in [2.45, 2.75) is 191 Å². The Bertz CT molecular complexity index is 4070. The van der Waals surface area contributed by atoms with Gasteiger partial charge in [-0.25, -0.2) is 0 Å². The van der Waals surface area contributed by atoms with E-state index in [9.17, 15) is 193 Å². The zero-order chi connectivity index (χ0) is 92.9. The van der Waals surface area contributed by atoms with Crippen LogP contribution in [0.5, 0.6) is 0 Å². The summed E-state index contributed by atoms with van der Waals surface area (Å²) in [4.78, 5) is 0. The fourth-order valence-electron chi connectivity index (χ4n) is 8.63. The summed E-state index contributed by atoms with van der Waals surface area (Å²) < 4.78 is 988. The summed E-state index contributed by atoms with van der Waals surface area (Å²) in [5.41, 5.74) is -22.7. The Labute approximate surface area is 570 Å². The van der Waals surface area contributed by atoms with Gasteiger partial charge in [-0.05, 0) is 28.3 Å². The van der Waals surface area contributed by atoms with E-state index < -0.39 is 271 Å². The summed E-state index contributed by atoms with van der Waals surface area (Å²) in [5.74, 6) is -282. The Kier molecular flexibility index (Phi) is 22.7. The van der Waals surface area contributed by atoms with Crippen molar-refractivity contribution < 1.29 is 299 Å². The number of halogens is 68. The van der Waals surface area contributed by atoms with Crippen LogP contribution in [0.25, 0.3) is 21.5 Å². The van der Waals surface area contributed by atoms with Gasteiger partial charge in [0.25, 0.3) is 0 Å².